The zero-order valence-corrected chi connectivity index (χ0v) is 26.7. The van der Waals surface area contributed by atoms with Gasteiger partial charge in [0.2, 0.25) is 0 Å². The van der Waals surface area contributed by atoms with Gasteiger partial charge in [-0.15, -0.1) is 5.11 Å². The van der Waals surface area contributed by atoms with Crippen LogP contribution in [0.5, 0.6) is 0 Å². The Balaban J connectivity index is 0. The summed E-state index contributed by atoms with van der Waals surface area (Å²) in [5.41, 5.74) is 2.50. The van der Waals surface area contributed by atoms with E-state index in [1.807, 2.05) is 122 Å². The van der Waals surface area contributed by atoms with Crippen molar-refractivity contribution in [1.82, 2.24) is 0 Å². The first-order chi connectivity index (χ1) is 20.3. The highest BCUT2D eigenvalue weighted by atomic mass is 16.2. The van der Waals surface area contributed by atoms with Gasteiger partial charge in [-0.25, -0.2) is 0 Å². The molecule has 5 nitrogen and oxygen atoms in total. The smallest absolute Gasteiger partial charge is 0.0936 e. The molecule has 1 N–H and O–H groups in total. The molecule has 0 radical (unpaired) electrons. The summed E-state index contributed by atoms with van der Waals surface area (Å²) in [5.74, 6) is 0. The molecule has 5 heteroatoms. The molecular weight excluding hydrogens is 504 g/mol. The third-order valence-electron chi connectivity index (χ3n) is 4.77. The van der Waals surface area contributed by atoms with Crippen LogP contribution in [0.3, 0.4) is 0 Å². The predicted octanol–water partition coefficient (Wildman–Crippen LogP) is 12.5. The molecule has 0 heterocycles. The van der Waals surface area contributed by atoms with Gasteiger partial charge >= 0.3 is 0 Å². The lowest BCUT2D eigenvalue weighted by molar-refractivity contribution is 0.399. The van der Waals surface area contributed by atoms with E-state index in [0.717, 1.165) is 34.9 Å². The van der Waals surface area contributed by atoms with Crippen molar-refractivity contribution >= 4 is 38.6 Å². The molecule has 0 amide bonds. The van der Waals surface area contributed by atoms with E-state index in [-0.39, 0.29) is 0 Å². The summed E-state index contributed by atoms with van der Waals surface area (Å²) in [7, 11) is 2.66. The van der Waals surface area contributed by atoms with E-state index in [1.54, 1.807) is 7.05 Å². The fraction of sp³-hybridized carbons (Fsp3) is 0.278. The van der Waals surface area contributed by atoms with Crippen LogP contribution in [0, 0.1) is 0 Å². The molecule has 0 unspecified atom stereocenters. The maximum atomic E-state index is 7.00. The highest BCUT2D eigenvalue weighted by Gasteiger charge is 2.04. The number of aliphatic hydroxyl groups is 1. The fourth-order valence-electron chi connectivity index (χ4n) is 3.29. The highest BCUT2D eigenvalue weighted by Crippen LogP contribution is 2.34. The number of benzene rings is 5. The van der Waals surface area contributed by atoms with Gasteiger partial charge in [0.15, 0.2) is 0 Å². The number of rotatable bonds is 3. The molecule has 5 aromatic carbocycles. The molecular formula is C36H50N4O. The van der Waals surface area contributed by atoms with Gasteiger partial charge in [-0.05, 0) is 35.0 Å². The van der Waals surface area contributed by atoms with E-state index in [9.17, 15) is 0 Å². The highest BCUT2D eigenvalue weighted by molar-refractivity contribution is 5.99. The van der Waals surface area contributed by atoms with Crippen LogP contribution in [-0.2, 0) is 0 Å². The Morgan fingerprint density at radius 2 is 0.732 bits per heavy atom. The molecule has 5 rings (SSSR count). The van der Waals surface area contributed by atoms with Gasteiger partial charge in [0.25, 0.3) is 0 Å². The zero-order chi connectivity index (χ0) is 31.3. The number of fused-ring (bicyclic) bond motifs is 2. The molecule has 0 aliphatic rings. The summed E-state index contributed by atoms with van der Waals surface area (Å²) in [6, 6.07) is 38.2. The van der Waals surface area contributed by atoms with Crippen LogP contribution in [0.2, 0.25) is 0 Å². The second-order valence-electron chi connectivity index (χ2n) is 6.83. The average molecular weight is 555 g/mol. The summed E-state index contributed by atoms with van der Waals surface area (Å²) in [6.07, 6.45) is 0. The zero-order valence-electron chi connectivity index (χ0n) is 26.7. The molecule has 0 spiro atoms. The van der Waals surface area contributed by atoms with Gasteiger partial charge in [0.05, 0.1) is 17.1 Å². The number of aliphatic hydroxyl groups excluding tert-OH is 1. The third kappa shape index (κ3) is 14.1. The molecule has 0 bridgehead atoms. The Kier molecular flexibility index (Phi) is 26.0. The molecule has 0 saturated carbocycles. The summed E-state index contributed by atoms with van der Waals surface area (Å²) < 4.78 is 0. The Morgan fingerprint density at radius 1 is 0.390 bits per heavy atom. The van der Waals surface area contributed by atoms with E-state index < -0.39 is 0 Å². The van der Waals surface area contributed by atoms with E-state index in [0.29, 0.717) is 0 Å². The van der Waals surface area contributed by atoms with Crippen LogP contribution < -0.4 is 0 Å². The van der Waals surface area contributed by atoms with Gasteiger partial charge in [-0.3, -0.25) is 0 Å². The van der Waals surface area contributed by atoms with E-state index in [1.165, 1.54) is 10.8 Å². The minimum atomic E-state index is 0.824. The standard InChI is InChI=1S/C17H14N4.C10H8.4C2H6.CH4O/c1-18-20-16-11-12-17(15-10-6-5-9-14(15)16)21-19-13-7-3-2-4-8-13;1-2-6-10-8-4-3-7-9(10)5-1;5*1-2/h2-12H,1H3;1-8H;4*1-2H3;2H,1H3. The number of azo groups is 2. The van der Waals surface area contributed by atoms with Crippen molar-refractivity contribution in [1.29, 1.82) is 0 Å². The monoisotopic (exact) mass is 554 g/mol. The lowest BCUT2D eigenvalue weighted by Crippen LogP contribution is -1.75. The second kappa shape index (κ2) is 27.4. The van der Waals surface area contributed by atoms with Crippen LogP contribution in [0.1, 0.15) is 55.4 Å². The Bertz CT molecular complexity index is 1280. The number of hydrogen-bond acceptors (Lipinski definition) is 5. The van der Waals surface area contributed by atoms with Crippen LogP contribution >= 0.6 is 0 Å². The summed E-state index contributed by atoms with van der Waals surface area (Å²) in [4.78, 5) is 0. The van der Waals surface area contributed by atoms with Crippen molar-refractivity contribution in [2.24, 2.45) is 20.5 Å². The van der Waals surface area contributed by atoms with E-state index >= 15 is 0 Å². The summed E-state index contributed by atoms with van der Waals surface area (Å²) in [5, 5.41) is 28.3. The molecule has 0 aliphatic carbocycles. The fourth-order valence-corrected chi connectivity index (χ4v) is 3.29. The molecule has 41 heavy (non-hydrogen) atoms. The Morgan fingerprint density at radius 3 is 1.12 bits per heavy atom. The predicted molar refractivity (Wildman–Crippen MR) is 182 cm³/mol. The lowest BCUT2D eigenvalue weighted by atomic mass is 10.1. The van der Waals surface area contributed by atoms with Crippen LogP contribution in [0.4, 0.5) is 17.1 Å². The number of hydrogen-bond donors (Lipinski definition) is 1. The molecule has 0 saturated heterocycles. The molecule has 0 fully saturated rings. The van der Waals surface area contributed by atoms with Crippen LogP contribution in [0.25, 0.3) is 21.5 Å². The molecule has 0 atom stereocenters. The van der Waals surface area contributed by atoms with Gasteiger partial charge in [-0.1, -0.05) is 146 Å². The van der Waals surface area contributed by atoms with Crippen molar-refractivity contribution < 1.29 is 5.11 Å². The lowest BCUT2D eigenvalue weighted by Gasteiger charge is -2.03. The average Bonchev–Trinajstić information content (AvgIpc) is 3.10. The first-order valence-electron chi connectivity index (χ1n) is 14.5. The van der Waals surface area contributed by atoms with Crippen molar-refractivity contribution in [3.05, 3.63) is 115 Å². The minimum Gasteiger partial charge on any atom is -0.400 e. The van der Waals surface area contributed by atoms with Crippen LogP contribution in [0.15, 0.2) is 136 Å². The normalized spacial score (nSPS) is 9.15. The van der Waals surface area contributed by atoms with Crippen molar-refractivity contribution in [3.8, 4) is 0 Å². The summed E-state index contributed by atoms with van der Waals surface area (Å²) >= 11 is 0. The van der Waals surface area contributed by atoms with Crippen molar-refractivity contribution in [3.63, 3.8) is 0 Å². The van der Waals surface area contributed by atoms with Crippen molar-refractivity contribution in [2.45, 2.75) is 55.4 Å². The molecule has 0 aromatic heterocycles. The first kappa shape index (κ1) is 38.9. The van der Waals surface area contributed by atoms with Gasteiger partial charge in [0.1, 0.15) is 0 Å². The topological polar surface area (TPSA) is 69.7 Å². The number of nitrogens with zero attached hydrogens (tertiary/aromatic N) is 4. The molecule has 220 valence electrons. The first-order valence-corrected chi connectivity index (χ1v) is 14.5. The Labute approximate surface area is 248 Å². The van der Waals surface area contributed by atoms with Gasteiger partial charge in [-0.2, -0.15) is 15.3 Å². The van der Waals surface area contributed by atoms with E-state index in [2.05, 4.69) is 69.0 Å². The largest absolute Gasteiger partial charge is 0.400 e. The Hall–Kier alpha value is -4.22. The quantitative estimate of drug-likeness (QED) is 0.221. The summed E-state index contributed by atoms with van der Waals surface area (Å²) in [6.45, 7) is 16.0. The molecule has 0 aliphatic heterocycles. The van der Waals surface area contributed by atoms with E-state index in [4.69, 9.17) is 5.11 Å². The maximum Gasteiger partial charge on any atom is 0.0936 e. The van der Waals surface area contributed by atoms with Gasteiger partial charge < -0.3 is 5.11 Å². The van der Waals surface area contributed by atoms with Crippen LogP contribution in [-0.4, -0.2) is 19.3 Å². The van der Waals surface area contributed by atoms with Crippen molar-refractivity contribution in [2.75, 3.05) is 14.2 Å². The third-order valence-corrected chi connectivity index (χ3v) is 4.77. The second-order valence-corrected chi connectivity index (χ2v) is 6.83. The maximum absolute atomic E-state index is 7.00. The molecule has 5 aromatic rings. The SMILES string of the molecule is CC.CC.CC.CC.CN=Nc1ccc(N=Nc2ccccc2)c2ccccc12.CO.c1ccc2ccccc2c1. The van der Waals surface area contributed by atoms with Gasteiger partial charge in [0, 0.05) is 24.9 Å². The minimum absolute atomic E-state index is 0.824.